The Bertz CT molecular complexity index is 94.2. The number of methoxy groups -OCH3 is 1. The molecule has 0 spiro atoms. The van der Waals surface area contributed by atoms with Crippen molar-refractivity contribution in [3.05, 3.63) is 0 Å². The first kappa shape index (κ1) is 15.9. The summed E-state index contributed by atoms with van der Waals surface area (Å²) in [7, 11) is 1.10. The molecule has 0 aliphatic heterocycles. The van der Waals surface area contributed by atoms with Gasteiger partial charge in [-0.25, -0.2) is 4.79 Å². The van der Waals surface area contributed by atoms with Crippen LogP contribution in [0.25, 0.3) is 0 Å². The van der Waals surface area contributed by atoms with Crippen molar-refractivity contribution < 1.29 is 24.5 Å². The molecule has 0 atom stereocenters. The van der Waals surface area contributed by atoms with Crippen LogP contribution in [0.5, 0.6) is 0 Å². The van der Waals surface area contributed by atoms with Crippen LogP contribution in [0.3, 0.4) is 0 Å². The smallest absolute Gasteiger partial charge is 0.481 e. The first-order valence-corrected chi connectivity index (χ1v) is 1.97. The molecule has 0 aromatic carbocycles. The van der Waals surface area contributed by atoms with Crippen molar-refractivity contribution in [3.63, 3.8) is 0 Å². The number of hydrogen-bond donors (Lipinski definition) is 2. The molecule has 0 amide bonds. The van der Waals surface area contributed by atoms with Crippen molar-refractivity contribution >= 4 is 12.1 Å². The average Bonchev–Trinajstić information content (AvgIpc) is 1.65. The van der Waals surface area contributed by atoms with E-state index in [0.29, 0.717) is 0 Å². The summed E-state index contributed by atoms with van der Waals surface area (Å²) < 4.78 is 3.67. The predicted molar refractivity (Wildman–Crippen MR) is 35.1 cm³/mol. The van der Waals surface area contributed by atoms with E-state index in [2.05, 4.69) is 4.74 Å². The number of carboxylic acids is 1. The third-order valence-corrected chi connectivity index (χ3v) is 0.175. The second-order valence-electron chi connectivity index (χ2n) is 0.989. The summed E-state index contributed by atoms with van der Waals surface area (Å²) in [5, 5.41) is 14.9. The van der Waals surface area contributed by atoms with Crippen LogP contribution >= 0.6 is 0 Å². The topological polar surface area (TPSA) is 83.8 Å². The lowest BCUT2D eigenvalue weighted by atomic mass is 10.9. The molecule has 0 saturated carbocycles. The van der Waals surface area contributed by atoms with Gasteiger partial charge in [-0.1, -0.05) is 7.43 Å². The summed E-state index contributed by atoms with van der Waals surface area (Å²) in [5.74, 6) is -0.833. The minimum absolute atomic E-state index is 0. The van der Waals surface area contributed by atoms with Gasteiger partial charge in [0, 0.05) is 6.92 Å². The molecule has 0 aromatic heterocycles. The number of ether oxygens (including phenoxy) is 1. The summed E-state index contributed by atoms with van der Waals surface area (Å²) in [5.41, 5.74) is 0. The van der Waals surface area contributed by atoms with Crippen LogP contribution in [-0.4, -0.2) is 29.4 Å². The number of rotatable bonds is 0. The molecule has 0 radical (unpaired) electrons. The maximum Gasteiger partial charge on any atom is 0.505 e. The Morgan fingerprint density at radius 1 is 1.30 bits per heavy atom. The van der Waals surface area contributed by atoms with E-state index in [1.807, 2.05) is 0 Å². The molecule has 0 heterocycles. The molecular formula is C5H12O5. The van der Waals surface area contributed by atoms with Gasteiger partial charge in [0.1, 0.15) is 0 Å². The first-order valence-electron chi connectivity index (χ1n) is 1.97. The van der Waals surface area contributed by atoms with Crippen LogP contribution in [0.15, 0.2) is 0 Å². The van der Waals surface area contributed by atoms with E-state index >= 15 is 0 Å². The molecule has 0 saturated heterocycles. The van der Waals surface area contributed by atoms with E-state index in [1.54, 1.807) is 0 Å². The fraction of sp³-hybridized carbons (Fsp3) is 0.600. The molecule has 0 unspecified atom stereocenters. The minimum Gasteiger partial charge on any atom is -0.481 e. The molecule has 10 heavy (non-hydrogen) atoms. The summed E-state index contributed by atoms with van der Waals surface area (Å²) in [6, 6.07) is 0. The minimum atomic E-state index is -1.25. The largest absolute Gasteiger partial charge is 0.505 e. The van der Waals surface area contributed by atoms with Gasteiger partial charge in [-0.05, 0) is 0 Å². The van der Waals surface area contributed by atoms with Gasteiger partial charge < -0.3 is 14.9 Å². The van der Waals surface area contributed by atoms with Gasteiger partial charge in [0.05, 0.1) is 7.11 Å². The molecular weight excluding hydrogens is 140 g/mol. The van der Waals surface area contributed by atoms with Crippen molar-refractivity contribution in [2.75, 3.05) is 7.11 Å². The molecule has 5 nitrogen and oxygen atoms in total. The van der Waals surface area contributed by atoms with Gasteiger partial charge in [0.2, 0.25) is 0 Å². The van der Waals surface area contributed by atoms with Crippen LogP contribution in [0, 0.1) is 0 Å². The molecule has 0 aliphatic carbocycles. The van der Waals surface area contributed by atoms with Gasteiger partial charge in [-0.3, -0.25) is 4.79 Å². The molecule has 0 bridgehead atoms. The second kappa shape index (κ2) is 10.7. The Kier molecular flexibility index (Phi) is 17.0. The van der Waals surface area contributed by atoms with Crippen molar-refractivity contribution in [3.8, 4) is 0 Å². The highest BCUT2D eigenvalue weighted by Crippen LogP contribution is 1.60. The second-order valence-corrected chi connectivity index (χ2v) is 0.989. The molecule has 0 aromatic rings. The highest BCUT2D eigenvalue weighted by atomic mass is 16.6. The normalized spacial score (nSPS) is 5.80. The zero-order chi connectivity index (χ0) is 7.86. The van der Waals surface area contributed by atoms with Crippen LogP contribution in [0.4, 0.5) is 4.79 Å². The van der Waals surface area contributed by atoms with Crippen molar-refractivity contribution in [2.45, 2.75) is 14.4 Å². The molecule has 0 fully saturated rings. The van der Waals surface area contributed by atoms with Crippen molar-refractivity contribution in [2.24, 2.45) is 0 Å². The third kappa shape index (κ3) is 406. The lowest BCUT2D eigenvalue weighted by Crippen LogP contribution is -1.91. The Morgan fingerprint density at radius 3 is 1.40 bits per heavy atom. The summed E-state index contributed by atoms with van der Waals surface area (Å²) in [6.07, 6.45) is -1.25. The van der Waals surface area contributed by atoms with E-state index in [9.17, 15) is 0 Å². The number of carboxylic acid groups (broad SMARTS) is 2. The van der Waals surface area contributed by atoms with Gasteiger partial charge in [0.15, 0.2) is 0 Å². The number of aliphatic carboxylic acids is 1. The third-order valence-electron chi connectivity index (χ3n) is 0.175. The lowest BCUT2D eigenvalue weighted by molar-refractivity contribution is -0.134. The van der Waals surface area contributed by atoms with Crippen LogP contribution in [-0.2, 0) is 9.53 Å². The van der Waals surface area contributed by atoms with E-state index < -0.39 is 12.1 Å². The zero-order valence-electron chi connectivity index (χ0n) is 5.12. The maximum atomic E-state index is 9.15. The monoisotopic (exact) mass is 152 g/mol. The van der Waals surface area contributed by atoms with Crippen molar-refractivity contribution in [1.29, 1.82) is 0 Å². The van der Waals surface area contributed by atoms with Crippen molar-refractivity contribution in [1.82, 2.24) is 0 Å². The Morgan fingerprint density at radius 2 is 1.40 bits per heavy atom. The highest BCUT2D eigenvalue weighted by Gasteiger charge is 1.80. The van der Waals surface area contributed by atoms with E-state index in [4.69, 9.17) is 19.8 Å². The Hall–Kier alpha value is -1.26. The van der Waals surface area contributed by atoms with Crippen LogP contribution < -0.4 is 0 Å². The van der Waals surface area contributed by atoms with E-state index in [-0.39, 0.29) is 7.43 Å². The predicted octanol–water partition coefficient (Wildman–Crippen LogP) is 1.04. The quantitative estimate of drug-likeness (QED) is 0.506. The molecule has 2 N–H and O–H groups in total. The lowest BCUT2D eigenvalue weighted by Gasteiger charge is -1.79. The van der Waals surface area contributed by atoms with E-state index in [0.717, 1.165) is 14.0 Å². The van der Waals surface area contributed by atoms with E-state index in [1.165, 1.54) is 0 Å². The summed E-state index contributed by atoms with van der Waals surface area (Å²) >= 11 is 0. The fourth-order valence-electron chi connectivity index (χ4n) is 0. The van der Waals surface area contributed by atoms with Gasteiger partial charge in [0.25, 0.3) is 5.97 Å². The molecule has 62 valence electrons. The average molecular weight is 152 g/mol. The first-order chi connectivity index (χ1) is 4.00. The Labute approximate surface area is 59.2 Å². The van der Waals surface area contributed by atoms with Crippen LogP contribution in [0.2, 0.25) is 0 Å². The van der Waals surface area contributed by atoms with Gasteiger partial charge in [-0.2, -0.15) is 0 Å². The fourth-order valence-corrected chi connectivity index (χ4v) is 0. The van der Waals surface area contributed by atoms with Crippen LogP contribution in [0.1, 0.15) is 14.4 Å². The zero-order valence-corrected chi connectivity index (χ0v) is 5.12. The summed E-state index contributed by atoms with van der Waals surface area (Å²) in [4.78, 5) is 18.1. The SMILES string of the molecule is C.CC(=O)O.COC(=O)O. The summed E-state index contributed by atoms with van der Waals surface area (Å²) in [6.45, 7) is 1.08. The standard InChI is InChI=1S/C2H4O3.C2H4O2.CH4/c1-5-2(3)4;1-2(3)4;/h1H3,(H,3,4);1H3,(H,3,4);1H4. The molecule has 0 rings (SSSR count). The Balaban J connectivity index is -0.0000000910. The van der Waals surface area contributed by atoms with Gasteiger partial charge >= 0.3 is 6.16 Å². The molecule has 0 aliphatic rings. The number of hydrogen-bond acceptors (Lipinski definition) is 3. The van der Waals surface area contributed by atoms with Gasteiger partial charge in [-0.15, -0.1) is 0 Å². The number of carbonyl (C=O) groups is 2. The molecule has 5 heteroatoms. The maximum absolute atomic E-state index is 9.15. The highest BCUT2D eigenvalue weighted by molar-refractivity contribution is 5.62.